The number of fused-ring (bicyclic) bond motifs is 2. The molecule has 0 spiro atoms. The average molecular weight is 397 g/mol. The van der Waals surface area contributed by atoms with Crippen molar-refractivity contribution in [3.8, 4) is 0 Å². The van der Waals surface area contributed by atoms with Crippen LogP contribution in [0.15, 0.2) is 53.5 Å². The SMILES string of the molecule is CC(CC(C)Nc1sc2ccccc2[n+]1C)=Nc1sc2ccccc2[n+]1C. The predicted octanol–water partition coefficient (Wildman–Crippen LogP) is 4.75. The Morgan fingerprint density at radius 1 is 0.963 bits per heavy atom. The number of rotatable bonds is 5. The monoisotopic (exact) mass is 396 g/mol. The molecular weight excluding hydrogens is 372 g/mol. The van der Waals surface area contributed by atoms with Crippen LogP contribution in [0.2, 0.25) is 0 Å². The van der Waals surface area contributed by atoms with Gasteiger partial charge in [0.2, 0.25) is 0 Å². The normalized spacial score (nSPS) is 13.4. The van der Waals surface area contributed by atoms with Gasteiger partial charge in [0.15, 0.2) is 0 Å². The number of benzene rings is 2. The molecule has 4 aromatic rings. The molecule has 0 aliphatic heterocycles. The first-order valence-electron chi connectivity index (χ1n) is 9.09. The Morgan fingerprint density at radius 3 is 2.19 bits per heavy atom. The minimum atomic E-state index is 0.313. The van der Waals surface area contributed by atoms with Crippen LogP contribution in [0.4, 0.5) is 10.3 Å². The zero-order valence-corrected chi connectivity index (χ0v) is 17.7. The molecule has 2 aromatic carbocycles. The Balaban J connectivity index is 1.51. The van der Waals surface area contributed by atoms with Gasteiger partial charge >= 0.3 is 10.3 Å². The van der Waals surface area contributed by atoms with Crippen molar-refractivity contribution < 1.29 is 9.13 Å². The summed E-state index contributed by atoms with van der Waals surface area (Å²) in [6.07, 6.45) is 0.905. The number of nitrogens with zero attached hydrogens (tertiary/aromatic N) is 3. The summed E-state index contributed by atoms with van der Waals surface area (Å²) in [6.45, 7) is 4.34. The zero-order chi connectivity index (χ0) is 19.0. The lowest BCUT2D eigenvalue weighted by Crippen LogP contribution is -2.33. The number of aliphatic imine (C=N–C) groups is 1. The minimum absolute atomic E-state index is 0.313. The summed E-state index contributed by atoms with van der Waals surface area (Å²) in [7, 11) is 4.20. The van der Waals surface area contributed by atoms with Gasteiger partial charge in [-0.2, -0.15) is 0 Å². The molecule has 138 valence electrons. The summed E-state index contributed by atoms with van der Waals surface area (Å²) in [4.78, 5) is 4.90. The van der Waals surface area contributed by atoms with Crippen LogP contribution in [-0.4, -0.2) is 11.8 Å². The second-order valence-corrected chi connectivity index (χ2v) is 8.98. The molecule has 4 rings (SSSR count). The maximum Gasteiger partial charge on any atom is 0.382 e. The number of aromatic nitrogens is 2. The molecule has 0 radical (unpaired) electrons. The highest BCUT2D eigenvalue weighted by Crippen LogP contribution is 2.26. The van der Waals surface area contributed by atoms with Crippen LogP contribution in [0.1, 0.15) is 20.3 Å². The van der Waals surface area contributed by atoms with Gasteiger partial charge in [-0.3, -0.25) is 5.32 Å². The van der Waals surface area contributed by atoms with Gasteiger partial charge in [0.05, 0.1) is 29.5 Å². The molecule has 0 fully saturated rings. The van der Waals surface area contributed by atoms with E-state index in [-0.39, 0.29) is 0 Å². The molecule has 2 heterocycles. The fraction of sp³-hybridized carbons (Fsp3) is 0.286. The Hall–Kier alpha value is -2.31. The Labute approximate surface area is 167 Å². The largest absolute Gasteiger partial charge is 0.382 e. The highest BCUT2D eigenvalue weighted by molar-refractivity contribution is 7.21. The van der Waals surface area contributed by atoms with E-state index in [1.165, 1.54) is 25.6 Å². The molecule has 0 aliphatic carbocycles. The van der Waals surface area contributed by atoms with E-state index in [9.17, 15) is 0 Å². The first kappa shape index (κ1) is 18.1. The van der Waals surface area contributed by atoms with Crippen molar-refractivity contribution in [3.05, 3.63) is 48.5 Å². The van der Waals surface area contributed by atoms with Crippen LogP contribution in [-0.2, 0) is 14.1 Å². The molecule has 0 saturated heterocycles. The van der Waals surface area contributed by atoms with Crippen LogP contribution in [0, 0.1) is 0 Å². The Kier molecular flexibility index (Phi) is 4.93. The van der Waals surface area contributed by atoms with Gasteiger partial charge in [-0.05, 0) is 65.8 Å². The molecule has 4 nitrogen and oxygen atoms in total. The second kappa shape index (κ2) is 7.37. The zero-order valence-electron chi connectivity index (χ0n) is 16.1. The lowest BCUT2D eigenvalue weighted by atomic mass is 10.2. The number of aryl methyl sites for hydroxylation is 2. The molecule has 1 N–H and O–H groups in total. The molecule has 1 atom stereocenters. The van der Waals surface area contributed by atoms with Crippen molar-refractivity contribution in [1.29, 1.82) is 0 Å². The van der Waals surface area contributed by atoms with Crippen LogP contribution in [0.25, 0.3) is 20.4 Å². The summed E-state index contributed by atoms with van der Waals surface area (Å²) < 4.78 is 6.98. The maximum atomic E-state index is 4.90. The highest BCUT2D eigenvalue weighted by Gasteiger charge is 2.20. The van der Waals surface area contributed by atoms with E-state index in [1.54, 1.807) is 22.7 Å². The number of nitrogens with one attached hydrogen (secondary N) is 1. The number of hydrogen-bond acceptors (Lipinski definition) is 4. The van der Waals surface area contributed by atoms with Crippen LogP contribution in [0.3, 0.4) is 0 Å². The third-order valence-corrected chi connectivity index (χ3v) is 6.97. The molecule has 0 bridgehead atoms. The van der Waals surface area contributed by atoms with Crippen molar-refractivity contribution >= 4 is 59.1 Å². The van der Waals surface area contributed by atoms with Crippen molar-refractivity contribution in [2.45, 2.75) is 26.3 Å². The first-order chi connectivity index (χ1) is 13.0. The van der Waals surface area contributed by atoms with Crippen molar-refractivity contribution in [1.82, 2.24) is 0 Å². The molecular formula is C21H24N4S2+2. The van der Waals surface area contributed by atoms with Gasteiger partial charge in [-0.15, -0.1) is 0 Å². The summed E-state index contributed by atoms with van der Waals surface area (Å²) >= 11 is 3.54. The third-order valence-electron chi connectivity index (χ3n) is 4.71. The summed E-state index contributed by atoms with van der Waals surface area (Å²) in [6, 6.07) is 17.3. The van der Waals surface area contributed by atoms with Gasteiger partial charge in [0.1, 0.15) is 16.7 Å². The molecule has 6 heteroatoms. The molecule has 2 aromatic heterocycles. The Morgan fingerprint density at radius 2 is 1.56 bits per heavy atom. The van der Waals surface area contributed by atoms with E-state index in [1.807, 2.05) is 0 Å². The first-order valence-corrected chi connectivity index (χ1v) is 10.7. The van der Waals surface area contributed by atoms with Crippen molar-refractivity contribution in [2.24, 2.45) is 19.1 Å². The number of hydrogen-bond donors (Lipinski definition) is 1. The average Bonchev–Trinajstić information content (AvgIpc) is 3.13. The molecule has 0 aliphatic rings. The fourth-order valence-corrected chi connectivity index (χ4v) is 5.58. The highest BCUT2D eigenvalue weighted by atomic mass is 32.1. The van der Waals surface area contributed by atoms with Gasteiger partial charge in [-0.1, -0.05) is 24.3 Å². The molecule has 1 unspecified atom stereocenters. The number of para-hydroxylation sites is 2. The van der Waals surface area contributed by atoms with E-state index in [4.69, 9.17) is 4.99 Å². The molecule has 0 amide bonds. The van der Waals surface area contributed by atoms with Crippen molar-refractivity contribution in [2.75, 3.05) is 5.32 Å². The molecule has 0 saturated carbocycles. The van der Waals surface area contributed by atoms with Crippen LogP contribution in [0.5, 0.6) is 0 Å². The third kappa shape index (κ3) is 3.59. The minimum Gasteiger partial charge on any atom is -0.262 e. The van der Waals surface area contributed by atoms with Crippen molar-refractivity contribution in [3.63, 3.8) is 0 Å². The van der Waals surface area contributed by atoms with Gasteiger partial charge < -0.3 is 0 Å². The van der Waals surface area contributed by atoms with Gasteiger partial charge in [-0.25, -0.2) is 9.13 Å². The summed E-state index contributed by atoms with van der Waals surface area (Å²) in [5.41, 5.74) is 3.64. The predicted molar refractivity (Wildman–Crippen MR) is 116 cm³/mol. The lowest BCUT2D eigenvalue weighted by Gasteiger charge is -2.06. The maximum absolute atomic E-state index is 4.90. The van der Waals surface area contributed by atoms with E-state index in [0.717, 1.165) is 17.3 Å². The number of anilines is 1. The van der Waals surface area contributed by atoms with Gasteiger partial charge in [0, 0.05) is 6.42 Å². The van der Waals surface area contributed by atoms with E-state index in [2.05, 4.69) is 90.9 Å². The summed E-state index contributed by atoms with van der Waals surface area (Å²) in [5, 5.41) is 5.89. The van der Waals surface area contributed by atoms with Crippen LogP contribution < -0.4 is 14.5 Å². The van der Waals surface area contributed by atoms with E-state index >= 15 is 0 Å². The molecule has 27 heavy (non-hydrogen) atoms. The fourth-order valence-electron chi connectivity index (χ4n) is 3.33. The standard InChI is InChI=1S/C21H23N4S2/c1-14(22-20-24(3)16-9-5-7-11-18(16)26-20)13-15(2)23-21-25(4)17-10-6-8-12-19(17)27-21/h5-12,14H,13H2,1-4H3/q+1/p+1. The quantitative estimate of drug-likeness (QED) is 0.383. The van der Waals surface area contributed by atoms with Crippen LogP contribution >= 0.6 is 22.7 Å². The Bertz CT molecular complexity index is 1140. The van der Waals surface area contributed by atoms with Gasteiger partial charge in [0.25, 0.3) is 0 Å². The smallest absolute Gasteiger partial charge is 0.262 e. The second-order valence-electron chi connectivity index (χ2n) is 6.94. The van der Waals surface area contributed by atoms with E-state index < -0.39 is 0 Å². The lowest BCUT2D eigenvalue weighted by molar-refractivity contribution is -0.627. The van der Waals surface area contributed by atoms with E-state index in [0.29, 0.717) is 6.04 Å². The summed E-state index contributed by atoms with van der Waals surface area (Å²) in [5.74, 6) is 0. The number of thiazole rings is 2. The topological polar surface area (TPSA) is 32.1 Å².